The maximum absolute atomic E-state index is 12.3. The molecule has 2 aliphatic carbocycles. The van der Waals surface area contributed by atoms with Gasteiger partial charge in [0.1, 0.15) is 5.01 Å². The summed E-state index contributed by atoms with van der Waals surface area (Å²) in [6.45, 7) is 3.02. The van der Waals surface area contributed by atoms with Gasteiger partial charge in [0.15, 0.2) is 0 Å². The average Bonchev–Trinajstić information content (AvgIpc) is 3.45. The van der Waals surface area contributed by atoms with Gasteiger partial charge < -0.3 is 5.32 Å². The van der Waals surface area contributed by atoms with E-state index in [2.05, 4.69) is 26.9 Å². The van der Waals surface area contributed by atoms with E-state index in [1.807, 2.05) is 25.1 Å². The predicted octanol–water partition coefficient (Wildman–Crippen LogP) is 3.38. The van der Waals surface area contributed by atoms with Crippen molar-refractivity contribution in [1.82, 2.24) is 15.5 Å². The van der Waals surface area contributed by atoms with Crippen LogP contribution >= 0.6 is 23.7 Å². The van der Waals surface area contributed by atoms with Gasteiger partial charge >= 0.3 is 0 Å². The Hall–Kier alpha value is -1.50. The summed E-state index contributed by atoms with van der Waals surface area (Å²) < 4.78 is 0. The van der Waals surface area contributed by atoms with Gasteiger partial charge in [0.25, 0.3) is 5.91 Å². The largest absolute Gasteiger partial charge is 0.313 e. The second kappa shape index (κ2) is 7.17. The summed E-state index contributed by atoms with van der Waals surface area (Å²) in [6.07, 6.45) is 3.93. The lowest BCUT2D eigenvalue weighted by molar-refractivity contribution is 0.102. The van der Waals surface area contributed by atoms with Gasteiger partial charge in [0.2, 0.25) is 5.13 Å². The molecule has 2 fully saturated rings. The second-order valence-corrected chi connectivity index (χ2v) is 7.69. The number of carbonyl (C=O) groups excluding carboxylic acids is 1. The number of carbonyl (C=O) groups is 1. The van der Waals surface area contributed by atoms with Crippen molar-refractivity contribution in [3.8, 4) is 0 Å². The number of aryl methyl sites for hydroxylation is 1. The topological polar surface area (TPSA) is 66.9 Å². The zero-order valence-electron chi connectivity index (χ0n) is 13.5. The molecule has 0 aliphatic heterocycles. The minimum Gasteiger partial charge on any atom is -0.313 e. The number of benzene rings is 1. The van der Waals surface area contributed by atoms with Gasteiger partial charge in [-0.1, -0.05) is 23.5 Å². The van der Waals surface area contributed by atoms with Crippen molar-refractivity contribution < 1.29 is 4.79 Å². The van der Waals surface area contributed by atoms with E-state index in [-0.39, 0.29) is 18.3 Å². The molecule has 2 atom stereocenters. The molecule has 0 saturated heterocycles. The first-order valence-corrected chi connectivity index (χ1v) is 8.95. The molecular weight excluding hydrogens is 344 g/mol. The molecule has 2 aromatic rings. The third-order valence-corrected chi connectivity index (χ3v) is 5.23. The van der Waals surface area contributed by atoms with Crippen LogP contribution in [0.4, 0.5) is 5.13 Å². The van der Waals surface area contributed by atoms with Gasteiger partial charge in [-0.3, -0.25) is 10.1 Å². The first kappa shape index (κ1) is 17.3. The molecule has 2 N–H and O–H groups in total. The van der Waals surface area contributed by atoms with E-state index in [1.165, 1.54) is 36.2 Å². The van der Waals surface area contributed by atoms with Crippen molar-refractivity contribution in [2.24, 2.45) is 5.92 Å². The third kappa shape index (κ3) is 4.12. The van der Waals surface area contributed by atoms with E-state index in [9.17, 15) is 4.79 Å². The van der Waals surface area contributed by atoms with Crippen molar-refractivity contribution in [2.45, 2.75) is 38.1 Å². The van der Waals surface area contributed by atoms with E-state index >= 15 is 0 Å². The summed E-state index contributed by atoms with van der Waals surface area (Å²) in [5.41, 5.74) is 1.93. The first-order chi connectivity index (χ1) is 11.2. The fourth-order valence-electron chi connectivity index (χ4n) is 2.86. The maximum atomic E-state index is 12.3. The minimum atomic E-state index is -0.119. The molecule has 1 aromatic heterocycles. The summed E-state index contributed by atoms with van der Waals surface area (Å²) in [5, 5.41) is 15.7. The van der Waals surface area contributed by atoms with Crippen molar-refractivity contribution in [3.05, 3.63) is 40.4 Å². The smallest absolute Gasteiger partial charge is 0.257 e. The van der Waals surface area contributed by atoms with Crippen LogP contribution in [0, 0.1) is 12.8 Å². The third-order valence-electron chi connectivity index (χ3n) is 4.48. The number of nitrogens with one attached hydrogen (secondary N) is 2. The van der Waals surface area contributed by atoms with Gasteiger partial charge in [-0.05, 0) is 56.3 Å². The molecule has 2 unspecified atom stereocenters. The molecule has 1 aromatic carbocycles. The summed E-state index contributed by atoms with van der Waals surface area (Å²) in [4.78, 5) is 12.3. The van der Waals surface area contributed by atoms with Gasteiger partial charge in [0, 0.05) is 17.5 Å². The van der Waals surface area contributed by atoms with E-state index in [0.29, 0.717) is 22.7 Å². The van der Waals surface area contributed by atoms with Crippen LogP contribution in [-0.2, 0) is 0 Å². The number of halogens is 1. The van der Waals surface area contributed by atoms with Gasteiger partial charge in [-0.25, -0.2) is 0 Å². The Labute approximate surface area is 151 Å². The normalized spacial score (nSPS) is 21.9. The molecule has 128 valence electrons. The van der Waals surface area contributed by atoms with Gasteiger partial charge in [0.05, 0.1) is 0 Å². The van der Waals surface area contributed by atoms with Crippen LogP contribution in [0.5, 0.6) is 0 Å². The van der Waals surface area contributed by atoms with E-state index in [4.69, 9.17) is 0 Å². The average molecular weight is 365 g/mol. The molecule has 4 rings (SSSR count). The summed E-state index contributed by atoms with van der Waals surface area (Å²) >= 11 is 1.38. The van der Waals surface area contributed by atoms with Gasteiger partial charge in [-0.15, -0.1) is 22.6 Å². The van der Waals surface area contributed by atoms with E-state index in [1.54, 1.807) is 0 Å². The molecule has 0 spiro atoms. The number of nitrogens with zero attached hydrogens (tertiary/aromatic N) is 2. The van der Waals surface area contributed by atoms with Crippen molar-refractivity contribution in [1.29, 1.82) is 0 Å². The van der Waals surface area contributed by atoms with Crippen LogP contribution < -0.4 is 10.6 Å². The zero-order chi connectivity index (χ0) is 15.8. The van der Waals surface area contributed by atoms with E-state index in [0.717, 1.165) is 17.5 Å². The molecule has 1 heterocycles. The summed E-state index contributed by atoms with van der Waals surface area (Å²) in [5.74, 6) is 1.33. The Morgan fingerprint density at radius 2 is 2.17 bits per heavy atom. The Morgan fingerprint density at radius 3 is 2.88 bits per heavy atom. The second-order valence-electron chi connectivity index (χ2n) is 6.51. The highest BCUT2D eigenvalue weighted by atomic mass is 35.5. The lowest BCUT2D eigenvalue weighted by atomic mass is 10.1. The quantitative estimate of drug-likeness (QED) is 0.824. The molecule has 0 radical (unpaired) electrons. The highest BCUT2D eigenvalue weighted by Crippen LogP contribution is 2.41. The highest BCUT2D eigenvalue weighted by Gasteiger charge is 2.39. The van der Waals surface area contributed by atoms with Crippen LogP contribution in [0.2, 0.25) is 0 Å². The summed E-state index contributed by atoms with van der Waals surface area (Å²) in [7, 11) is 0. The number of amides is 1. The van der Waals surface area contributed by atoms with Crippen LogP contribution in [-0.4, -0.2) is 28.7 Å². The van der Waals surface area contributed by atoms with Crippen molar-refractivity contribution in [3.63, 3.8) is 0 Å². The van der Waals surface area contributed by atoms with E-state index < -0.39 is 0 Å². The molecule has 5 nitrogen and oxygen atoms in total. The predicted molar refractivity (Wildman–Crippen MR) is 98.2 cm³/mol. The number of rotatable bonds is 6. The Bertz CT molecular complexity index is 731. The monoisotopic (exact) mass is 364 g/mol. The van der Waals surface area contributed by atoms with Crippen LogP contribution in [0.15, 0.2) is 24.3 Å². The molecular formula is C17H21ClN4OS. The highest BCUT2D eigenvalue weighted by molar-refractivity contribution is 7.15. The zero-order valence-corrected chi connectivity index (χ0v) is 15.1. The summed E-state index contributed by atoms with van der Waals surface area (Å²) in [6, 6.07) is 8.52. The molecule has 2 saturated carbocycles. The Morgan fingerprint density at radius 1 is 1.33 bits per heavy atom. The molecule has 0 bridgehead atoms. The lowest BCUT2D eigenvalue weighted by Gasteiger charge is -2.06. The van der Waals surface area contributed by atoms with Crippen molar-refractivity contribution in [2.75, 3.05) is 11.9 Å². The minimum absolute atomic E-state index is 0. The number of hydrogen-bond acceptors (Lipinski definition) is 5. The first-order valence-electron chi connectivity index (χ1n) is 8.14. The lowest BCUT2D eigenvalue weighted by Crippen LogP contribution is -2.20. The number of aromatic nitrogens is 2. The number of anilines is 1. The fraction of sp³-hybridized carbons (Fsp3) is 0.471. The van der Waals surface area contributed by atoms with Crippen molar-refractivity contribution >= 4 is 34.8 Å². The molecule has 1 amide bonds. The van der Waals surface area contributed by atoms with Crippen LogP contribution in [0.3, 0.4) is 0 Å². The van der Waals surface area contributed by atoms with Crippen LogP contribution in [0.25, 0.3) is 0 Å². The fourth-order valence-corrected chi connectivity index (χ4v) is 3.44. The standard InChI is InChI=1S/C17H20N4OS.ClH/c1-10-20-21-17(23-10)19-16(22)13-4-2-3-12(7-13)14-8-15(14)18-9-11-5-6-11;/h2-4,7,11,14-15,18H,5-6,8-9H2,1H3,(H,19,21,22);1H. The number of hydrogen-bond donors (Lipinski definition) is 2. The van der Waals surface area contributed by atoms with Gasteiger partial charge in [-0.2, -0.15) is 0 Å². The molecule has 2 aliphatic rings. The SMILES string of the molecule is Cc1nnc(NC(=O)c2cccc(C3CC3NCC3CC3)c2)s1.Cl. The molecule has 7 heteroatoms. The Kier molecular flexibility index (Phi) is 5.18. The Balaban J connectivity index is 0.00000169. The molecule has 24 heavy (non-hydrogen) atoms. The van der Waals surface area contributed by atoms with Crippen LogP contribution in [0.1, 0.15) is 46.1 Å². The maximum Gasteiger partial charge on any atom is 0.257 e.